The summed E-state index contributed by atoms with van der Waals surface area (Å²) < 4.78 is 4.88. The zero-order chi connectivity index (χ0) is 18.6. The molecule has 0 spiro atoms. The minimum Gasteiger partial charge on any atom is -0.469 e. The number of rotatable bonds is 4. The van der Waals surface area contributed by atoms with Crippen LogP contribution in [0, 0.1) is 5.92 Å². The van der Waals surface area contributed by atoms with Crippen LogP contribution < -0.4 is 5.32 Å². The highest BCUT2D eigenvalue weighted by atomic mass is 32.1. The highest BCUT2D eigenvalue weighted by Gasteiger charge is 2.29. The Labute approximate surface area is 164 Å². The van der Waals surface area contributed by atoms with Gasteiger partial charge in [0.2, 0.25) is 0 Å². The number of ether oxygens (including phenoxy) is 1. The van der Waals surface area contributed by atoms with Crippen molar-refractivity contribution in [2.75, 3.05) is 20.2 Å². The second-order valence-electron chi connectivity index (χ2n) is 7.66. The van der Waals surface area contributed by atoms with E-state index in [9.17, 15) is 4.79 Å². The van der Waals surface area contributed by atoms with Crippen LogP contribution in [-0.4, -0.2) is 36.4 Å². The molecule has 0 bridgehead atoms. The molecular weight excluding hydrogens is 358 g/mol. The molecule has 27 heavy (non-hydrogen) atoms. The topological polar surface area (TPSA) is 64.1 Å². The lowest BCUT2D eigenvalue weighted by atomic mass is 9.82. The third kappa shape index (κ3) is 4.22. The Morgan fingerprint density at radius 1 is 1.00 bits per heavy atom. The Kier molecular flexibility index (Phi) is 5.83. The second kappa shape index (κ2) is 8.48. The summed E-state index contributed by atoms with van der Waals surface area (Å²) in [4.78, 5) is 11.7. The number of methoxy groups -OCH3 is 1. The summed E-state index contributed by atoms with van der Waals surface area (Å²) in [6.07, 6.45) is 6.19. The molecule has 0 atom stereocenters. The lowest BCUT2D eigenvalue weighted by molar-refractivity contribution is -0.146. The smallest absolute Gasteiger partial charge is 0.308 e. The second-order valence-corrected chi connectivity index (χ2v) is 8.67. The quantitative estimate of drug-likeness (QED) is 0.802. The first kappa shape index (κ1) is 18.6. The first-order chi connectivity index (χ1) is 13.2. The maximum atomic E-state index is 11.7. The molecule has 2 aliphatic rings. The molecule has 1 saturated carbocycles. The first-order valence-corrected chi connectivity index (χ1v) is 10.8. The first-order valence-electron chi connectivity index (χ1n) is 9.97. The van der Waals surface area contributed by atoms with E-state index in [1.54, 1.807) is 11.3 Å². The number of nitrogens with one attached hydrogen (secondary N) is 1. The number of nitrogens with zero attached hydrogens (tertiary/aromatic N) is 2. The summed E-state index contributed by atoms with van der Waals surface area (Å²) in [6, 6.07) is 8.90. The molecule has 0 radical (unpaired) electrons. The molecule has 2 heterocycles. The third-order valence-corrected chi connectivity index (χ3v) is 7.15. The van der Waals surface area contributed by atoms with E-state index >= 15 is 0 Å². The molecule has 1 aliphatic heterocycles. The molecule has 1 aromatic carbocycles. The fourth-order valence-corrected chi connectivity index (χ4v) is 5.33. The van der Waals surface area contributed by atoms with Crippen molar-refractivity contribution >= 4 is 17.3 Å². The zero-order valence-electron chi connectivity index (χ0n) is 15.8. The average molecular weight is 386 g/mol. The van der Waals surface area contributed by atoms with Crippen LogP contribution in [0.25, 0.3) is 10.6 Å². The highest BCUT2D eigenvalue weighted by molar-refractivity contribution is 7.14. The van der Waals surface area contributed by atoms with Crippen LogP contribution in [0.2, 0.25) is 0 Å². The normalized spacial score (nSPS) is 23.9. The Morgan fingerprint density at radius 3 is 2.37 bits per heavy atom. The van der Waals surface area contributed by atoms with Crippen molar-refractivity contribution in [1.29, 1.82) is 0 Å². The predicted octanol–water partition coefficient (Wildman–Crippen LogP) is 4.12. The van der Waals surface area contributed by atoms with Gasteiger partial charge in [-0.3, -0.25) is 4.79 Å². The van der Waals surface area contributed by atoms with E-state index in [1.807, 2.05) is 0 Å². The van der Waals surface area contributed by atoms with E-state index in [1.165, 1.54) is 25.5 Å². The molecule has 2 aromatic rings. The number of piperidine rings is 1. The highest BCUT2D eigenvalue weighted by Crippen LogP contribution is 2.39. The van der Waals surface area contributed by atoms with E-state index in [0.29, 0.717) is 11.8 Å². The molecular formula is C21H27N3O2S. The Hall–Kier alpha value is -1.79. The van der Waals surface area contributed by atoms with Gasteiger partial charge in [-0.25, -0.2) is 0 Å². The summed E-state index contributed by atoms with van der Waals surface area (Å²) in [5.41, 5.74) is 2.59. The molecule has 4 rings (SSSR count). The lowest BCUT2D eigenvalue weighted by Crippen LogP contribution is -2.26. The number of hydrogen-bond acceptors (Lipinski definition) is 6. The number of hydrogen-bond donors (Lipinski definition) is 1. The van der Waals surface area contributed by atoms with Crippen LogP contribution in [0.15, 0.2) is 24.3 Å². The molecule has 144 valence electrons. The van der Waals surface area contributed by atoms with Crippen molar-refractivity contribution in [2.45, 2.75) is 50.4 Å². The molecule has 1 aliphatic carbocycles. The molecule has 5 nitrogen and oxygen atoms in total. The standard InChI is InChI=1S/C21H27N3O2S/c1-26-21(25)18-8-6-17(7-9-18)20-24-23-19(27-20)16-4-2-14(3-5-16)15-10-12-22-13-11-15/h2-5,15,17-18,22H,6-13H2,1H3. The average Bonchev–Trinajstić information content (AvgIpc) is 3.24. The Morgan fingerprint density at radius 2 is 1.70 bits per heavy atom. The summed E-state index contributed by atoms with van der Waals surface area (Å²) in [5, 5.41) is 14.4. The van der Waals surface area contributed by atoms with E-state index in [4.69, 9.17) is 4.74 Å². The van der Waals surface area contributed by atoms with Gasteiger partial charge >= 0.3 is 5.97 Å². The van der Waals surface area contributed by atoms with Gasteiger partial charge in [0.05, 0.1) is 13.0 Å². The molecule has 1 N–H and O–H groups in total. The number of esters is 1. The lowest BCUT2D eigenvalue weighted by Gasteiger charge is -2.25. The van der Waals surface area contributed by atoms with Gasteiger partial charge < -0.3 is 10.1 Å². The van der Waals surface area contributed by atoms with Crippen molar-refractivity contribution in [3.63, 3.8) is 0 Å². The van der Waals surface area contributed by atoms with Crippen molar-refractivity contribution in [1.82, 2.24) is 15.5 Å². The van der Waals surface area contributed by atoms with E-state index < -0.39 is 0 Å². The van der Waals surface area contributed by atoms with Gasteiger partial charge in [-0.1, -0.05) is 35.6 Å². The minimum atomic E-state index is -0.0692. The fourth-order valence-electron chi connectivity index (χ4n) is 4.31. The van der Waals surface area contributed by atoms with Crippen LogP contribution in [-0.2, 0) is 9.53 Å². The summed E-state index contributed by atoms with van der Waals surface area (Å²) in [5.74, 6) is 1.09. The third-order valence-electron chi connectivity index (χ3n) is 6.02. The van der Waals surface area contributed by atoms with E-state index in [2.05, 4.69) is 39.8 Å². The van der Waals surface area contributed by atoms with Gasteiger partial charge in [-0.05, 0) is 63.1 Å². The van der Waals surface area contributed by atoms with Gasteiger partial charge in [-0.2, -0.15) is 0 Å². The fraction of sp³-hybridized carbons (Fsp3) is 0.571. The van der Waals surface area contributed by atoms with Crippen molar-refractivity contribution in [3.05, 3.63) is 34.8 Å². The van der Waals surface area contributed by atoms with Gasteiger partial charge in [0.15, 0.2) is 0 Å². The van der Waals surface area contributed by atoms with Gasteiger partial charge in [-0.15, -0.1) is 10.2 Å². The SMILES string of the molecule is COC(=O)C1CCC(c2nnc(-c3ccc(C4CCNCC4)cc3)s2)CC1. The summed E-state index contributed by atoms with van der Waals surface area (Å²) >= 11 is 1.70. The molecule has 6 heteroatoms. The van der Waals surface area contributed by atoms with Crippen molar-refractivity contribution in [2.24, 2.45) is 5.92 Å². The maximum absolute atomic E-state index is 11.7. The monoisotopic (exact) mass is 385 g/mol. The van der Waals surface area contributed by atoms with Gasteiger partial charge in [0.25, 0.3) is 0 Å². The largest absolute Gasteiger partial charge is 0.469 e. The molecule has 2 fully saturated rings. The van der Waals surface area contributed by atoms with Crippen LogP contribution in [0.5, 0.6) is 0 Å². The number of aromatic nitrogens is 2. The maximum Gasteiger partial charge on any atom is 0.308 e. The van der Waals surface area contributed by atoms with Crippen LogP contribution in [0.3, 0.4) is 0 Å². The molecule has 0 amide bonds. The van der Waals surface area contributed by atoms with Crippen LogP contribution in [0.1, 0.15) is 60.9 Å². The van der Waals surface area contributed by atoms with Crippen molar-refractivity contribution in [3.8, 4) is 10.6 Å². The zero-order valence-corrected chi connectivity index (χ0v) is 16.6. The molecule has 1 aromatic heterocycles. The number of carbonyl (C=O) groups excluding carboxylic acids is 1. The van der Waals surface area contributed by atoms with E-state index in [-0.39, 0.29) is 11.9 Å². The molecule has 0 unspecified atom stereocenters. The van der Waals surface area contributed by atoms with Crippen molar-refractivity contribution < 1.29 is 9.53 Å². The van der Waals surface area contributed by atoms with Crippen LogP contribution >= 0.6 is 11.3 Å². The van der Waals surface area contributed by atoms with Gasteiger partial charge in [0, 0.05) is 11.5 Å². The van der Waals surface area contributed by atoms with E-state index in [0.717, 1.165) is 54.4 Å². The van der Waals surface area contributed by atoms with Crippen LogP contribution in [0.4, 0.5) is 0 Å². The predicted molar refractivity (Wildman–Crippen MR) is 107 cm³/mol. The Balaban J connectivity index is 1.40. The number of carbonyl (C=O) groups is 1. The number of benzene rings is 1. The molecule has 1 saturated heterocycles. The Bertz CT molecular complexity index is 760. The summed E-state index contributed by atoms with van der Waals surface area (Å²) in [6.45, 7) is 2.23. The van der Waals surface area contributed by atoms with Gasteiger partial charge in [0.1, 0.15) is 10.0 Å². The summed E-state index contributed by atoms with van der Waals surface area (Å²) in [7, 11) is 1.47. The minimum absolute atomic E-state index is 0.0566.